The first-order valence-corrected chi connectivity index (χ1v) is 10.3. The van der Waals surface area contributed by atoms with Crippen LogP contribution in [0.15, 0.2) is 30.3 Å². The Kier molecular flexibility index (Phi) is 6.43. The van der Waals surface area contributed by atoms with Gasteiger partial charge in [0.2, 0.25) is 0 Å². The van der Waals surface area contributed by atoms with Gasteiger partial charge in [-0.1, -0.05) is 6.07 Å². The van der Waals surface area contributed by atoms with E-state index < -0.39 is 23.9 Å². The molecule has 7 nitrogen and oxygen atoms in total. The van der Waals surface area contributed by atoms with E-state index in [-0.39, 0.29) is 31.9 Å². The van der Waals surface area contributed by atoms with Crippen molar-refractivity contribution in [1.82, 2.24) is 15.0 Å². The number of hydrogen-bond donors (Lipinski definition) is 1. The van der Waals surface area contributed by atoms with Crippen LogP contribution in [0.1, 0.15) is 23.6 Å². The molecule has 182 valence electrons. The monoisotopic (exact) mass is 484 g/mol. The molecule has 1 unspecified atom stereocenters. The quantitative estimate of drug-likeness (QED) is 0.346. The normalized spacial score (nSPS) is 17.0. The Balaban J connectivity index is 1.52. The fourth-order valence-electron chi connectivity index (χ4n) is 3.28. The largest absolute Gasteiger partial charge is 0.493 e. The number of methoxy groups -OCH3 is 1. The maximum Gasteiger partial charge on any atom is 0.433 e. The summed E-state index contributed by atoms with van der Waals surface area (Å²) in [4.78, 5) is 12.4. The van der Waals surface area contributed by atoms with Gasteiger partial charge < -0.3 is 19.5 Å². The van der Waals surface area contributed by atoms with Gasteiger partial charge in [-0.05, 0) is 25.1 Å². The van der Waals surface area contributed by atoms with Crippen LogP contribution in [0.2, 0.25) is 0 Å². The maximum atomic E-state index is 12.9. The molecule has 12 heteroatoms. The summed E-state index contributed by atoms with van der Waals surface area (Å²) in [6.45, 7) is 1.65. The Morgan fingerprint density at radius 1 is 1.09 bits per heavy atom. The van der Waals surface area contributed by atoms with Crippen LogP contribution in [0.4, 0.5) is 27.8 Å². The molecule has 4 rings (SSSR count). The fraction of sp³-hybridized carbons (Fsp3) is 0.409. The molecular formula is C22H21F5N4O3. The van der Waals surface area contributed by atoms with E-state index in [1.807, 2.05) is 0 Å². The van der Waals surface area contributed by atoms with Crippen molar-refractivity contribution in [2.75, 3.05) is 25.6 Å². The molecule has 3 aromatic rings. The van der Waals surface area contributed by atoms with Crippen molar-refractivity contribution in [3.05, 3.63) is 47.5 Å². The average molecular weight is 484 g/mol. The topological polar surface area (TPSA) is 78.4 Å². The Hall–Kier alpha value is -3.28. The van der Waals surface area contributed by atoms with E-state index in [0.29, 0.717) is 34.0 Å². The zero-order valence-electron chi connectivity index (χ0n) is 18.2. The molecule has 0 radical (unpaired) electrons. The van der Waals surface area contributed by atoms with Crippen LogP contribution < -0.4 is 14.8 Å². The molecule has 0 amide bonds. The van der Waals surface area contributed by atoms with Crippen LogP contribution in [-0.2, 0) is 17.5 Å². The predicted octanol–water partition coefficient (Wildman–Crippen LogP) is 4.78. The van der Waals surface area contributed by atoms with Crippen LogP contribution in [0.25, 0.3) is 10.9 Å². The molecule has 1 atom stereocenters. The summed E-state index contributed by atoms with van der Waals surface area (Å²) in [5, 5.41) is 3.53. The number of anilines is 1. The Morgan fingerprint density at radius 3 is 2.53 bits per heavy atom. The molecule has 0 aliphatic heterocycles. The predicted molar refractivity (Wildman–Crippen MR) is 112 cm³/mol. The van der Waals surface area contributed by atoms with Crippen LogP contribution in [-0.4, -0.2) is 47.3 Å². The molecule has 1 fully saturated rings. The van der Waals surface area contributed by atoms with Crippen molar-refractivity contribution in [2.24, 2.45) is 0 Å². The van der Waals surface area contributed by atoms with Crippen molar-refractivity contribution in [2.45, 2.75) is 38.1 Å². The van der Waals surface area contributed by atoms with E-state index >= 15 is 0 Å². The second-order valence-corrected chi connectivity index (χ2v) is 7.68. The lowest BCUT2D eigenvalue weighted by Crippen LogP contribution is -2.12. The summed E-state index contributed by atoms with van der Waals surface area (Å²) in [5.74, 6) is -1.29. The van der Waals surface area contributed by atoms with E-state index in [1.165, 1.54) is 19.2 Å². The van der Waals surface area contributed by atoms with Gasteiger partial charge in [-0.15, -0.1) is 0 Å². The molecule has 2 aromatic heterocycles. The minimum Gasteiger partial charge on any atom is -0.493 e. The standard InChI is InChI=1S/C22H21F5N4O3/c1-12-29-15-9-16(32-2)17(33-6-7-34-19-10-21(19,23)24)8-14(15)20(30-12)28-11-13-4-3-5-18(31-13)22(25,26)27/h3-5,8-9,19H,6-7,10-11H2,1-2H3,(H,28,29,30). The van der Waals surface area contributed by atoms with Gasteiger partial charge in [-0.25, -0.2) is 23.7 Å². The highest BCUT2D eigenvalue weighted by molar-refractivity contribution is 5.91. The van der Waals surface area contributed by atoms with Gasteiger partial charge in [-0.2, -0.15) is 13.2 Å². The third-order valence-electron chi connectivity index (χ3n) is 5.06. The third-order valence-corrected chi connectivity index (χ3v) is 5.06. The van der Waals surface area contributed by atoms with E-state index in [4.69, 9.17) is 14.2 Å². The summed E-state index contributed by atoms with van der Waals surface area (Å²) in [6.07, 6.45) is -5.92. The van der Waals surface area contributed by atoms with Gasteiger partial charge in [-0.3, -0.25) is 0 Å². The number of rotatable bonds is 9. The molecule has 1 N–H and O–H groups in total. The second-order valence-electron chi connectivity index (χ2n) is 7.68. The van der Waals surface area contributed by atoms with Crippen LogP contribution in [0, 0.1) is 6.92 Å². The zero-order valence-corrected chi connectivity index (χ0v) is 18.2. The third kappa shape index (κ3) is 5.44. The van der Waals surface area contributed by atoms with E-state index in [1.54, 1.807) is 19.1 Å². The molecule has 1 saturated carbocycles. The van der Waals surface area contributed by atoms with Crippen molar-refractivity contribution in [3.63, 3.8) is 0 Å². The van der Waals surface area contributed by atoms with Gasteiger partial charge in [0.15, 0.2) is 11.5 Å². The number of pyridine rings is 1. The number of fused-ring (bicyclic) bond motifs is 1. The van der Waals surface area contributed by atoms with Crippen LogP contribution in [0.5, 0.6) is 11.5 Å². The molecule has 1 aromatic carbocycles. The second kappa shape index (κ2) is 9.16. The van der Waals surface area contributed by atoms with Crippen LogP contribution >= 0.6 is 0 Å². The number of benzene rings is 1. The number of alkyl halides is 5. The Labute approximate surface area is 191 Å². The average Bonchev–Trinajstić information content (AvgIpc) is 3.40. The van der Waals surface area contributed by atoms with Crippen molar-refractivity contribution in [1.29, 1.82) is 0 Å². The van der Waals surface area contributed by atoms with Crippen molar-refractivity contribution >= 4 is 16.7 Å². The number of ether oxygens (including phenoxy) is 3. The molecular weight excluding hydrogens is 463 g/mol. The van der Waals surface area contributed by atoms with Gasteiger partial charge in [0.05, 0.1) is 31.5 Å². The fourth-order valence-corrected chi connectivity index (χ4v) is 3.28. The number of aromatic nitrogens is 3. The highest BCUT2D eigenvalue weighted by Crippen LogP contribution is 2.44. The molecule has 2 heterocycles. The molecule has 0 saturated heterocycles. The highest BCUT2D eigenvalue weighted by Gasteiger charge is 2.58. The van der Waals surface area contributed by atoms with Gasteiger partial charge in [0, 0.05) is 17.9 Å². The summed E-state index contributed by atoms with van der Waals surface area (Å²) < 4.78 is 80.8. The molecule has 0 bridgehead atoms. The number of aryl methyl sites for hydroxylation is 1. The summed E-state index contributed by atoms with van der Waals surface area (Å²) in [7, 11) is 1.45. The molecule has 1 aliphatic rings. The van der Waals surface area contributed by atoms with E-state index in [0.717, 1.165) is 6.07 Å². The first-order chi connectivity index (χ1) is 16.1. The van der Waals surface area contributed by atoms with E-state index in [2.05, 4.69) is 20.3 Å². The summed E-state index contributed by atoms with van der Waals surface area (Å²) in [5.41, 5.74) is -0.287. The smallest absolute Gasteiger partial charge is 0.433 e. The molecule has 1 aliphatic carbocycles. The zero-order chi connectivity index (χ0) is 24.5. The first kappa shape index (κ1) is 23.9. The van der Waals surface area contributed by atoms with Crippen molar-refractivity contribution < 1.29 is 36.2 Å². The molecule has 0 spiro atoms. The minimum absolute atomic E-state index is 0.0120. The Morgan fingerprint density at radius 2 is 1.85 bits per heavy atom. The lowest BCUT2D eigenvalue weighted by atomic mass is 10.2. The minimum atomic E-state index is -4.55. The number of nitrogens with zero attached hydrogens (tertiary/aromatic N) is 3. The van der Waals surface area contributed by atoms with Gasteiger partial charge >= 0.3 is 6.18 Å². The SMILES string of the molecule is COc1cc2nc(C)nc(NCc3cccc(C(F)(F)F)n3)c2cc1OCCOC1CC1(F)F. The Bertz CT molecular complexity index is 1190. The van der Waals surface area contributed by atoms with Crippen LogP contribution in [0.3, 0.4) is 0 Å². The number of halogens is 5. The first-order valence-electron chi connectivity index (χ1n) is 10.3. The molecule has 34 heavy (non-hydrogen) atoms. The van der Waals surface area contributed by atoms with E-state index in [9.17, 15) is 22.0 Å². The van der Waals surface area contributed by atoms with Gasteiger partial charge in [0.1, 0.15) is 30.0 Å². The highest BCUT2D eigenvalue weighted by atomic mass is 19.4. The van der Waals surface area contributed by atoms with Gasteiger partial charge in [0.25, 0.3) is 5.92 Å². The summed E-state index contributed by atoms with van der Waals surface area (Å²) >= 11 is 0. The number of hydrogen-bond acceptors (Lipinski definition) is 7. The lowest BCUT2D eigenvalue weighted by molar-refractivity contribution is -0.141. The summed E-state index contributed by atoms with van der Waals surface area (Å²) in [6, 6.07) is 6.90. The lowest BCUT2D eigenvalue weighted by Gasteiger charge is -2.15. The number of nitrogens with one attached hydrogen (secondary N) is 1. The maximum absolute atomic E-state index is 12.9. The van der Waals surface area contributed by atoms with Crippen molar-refractivity contribution in [3.8, 4) is 11.5 Å².